The Morgan fingerprint density at radius 1 is 1.09 bits per heavy atom. The van der Waals surface area contributed by atoms with E-state index in [0.717, 1.165) is 21.4 Å². The van der Waals surface area contributed by atoms with Gasteiger partial charge in [-0.05, 0) is 18.6 Å². The first-order valence-electron chi connectivity index (χ1n) is 11.3. The summed E-state index contributed by atoms with van der Waals surface area (Å²) in [6.45, 7) is 2.75. The maximum Gasteiger partial charge on any atom is 0.333 e. The minimum atomic E-state index is -0.565. The van der Waals surface area contributed by atoms with E-state index < -0.39 is 17.2 Å². The number of fused-ring (bicyclic) bond motifs is 2. The number of imidazole rings is 1. The minimum absolute atomic E-state index is 0.242. The van der Waals surface area contributed by atoms with Gasteiger partial charge in [-0.3, -0.25) is 14.2 Å². The number of hydrogen-bond donors (Lipinski definition) is 1. The lowest BCUT2D eigenvalue weighted by atomic mass is 10.0. The molecule has 1 N–H and O–H groups in total. The number of ether oxygens (including phenoxy) is 1. The summed E-state index contributed by atoms with van der Waals surface area (Å²) >= 11 is 0. The van der Waals surface area contributed by atoms with E-state index in [9.17, 15) is 14.4 Å². The molecule has 0 saturated heterocycles. The van der Waals surface area contributed by atoms with E-state index in [2.05, 4.69) is 10.3 Å². The Hall–Kier alpha value is -4.14. The van der Waals surface area contributed by atoms with Gasteiger partial charge in [0.25, 0.3) is 5.56 Å². The van der Waals surface area contributed by atoms with E-state index in [0.29, 0.717) is 30.7 Å². The van der Waals surface area contributed by atoms with Crippen molar-refractivity contribution >= 4 is 17.1 Å². The van der Waals surface area contributed by atoms with Crippen LogP contribution in [-0.4, -0.2) is 31.2 Å². The Kier molecular flexibility index (Phi) is 5.75. The predicted molar refractivity (Wildman–Crippen MR) is 127 cm³/mol. The summed E-state index contributed by atoms with van der Waals surface area (Å²) < 4.78 is 9.81. The average molecular weight is 460 g/mol. The van der Waals surface area contributed by atoms with Gasteiger partial charge in [0, 0.05) is 18.5 Å². The third-order valence-corrected chi connectivity index (χ3v) is 6.10. The van der Waals surface area contributed by atoms with E-state index in [4.69, 9.17) is 4.74 Å². The lowest BCUT2D eigenvalue weighted by Gasteiger charge is -2.26. The second kappa shape index (κ2) is 9.01. The molecule has 174 valence electrons. The van der Waals surface area contributed by atoms with Crippen LogP contribution in [0.15, 0.2) is 70.5 Å². The minimum Gasteiger partial charge on any atom is -0.493 e. The monoisotopic (exact) mass is 459 g/mol. The highest BCUT2D eigenvalue weighted by molar-refractivity contribution is 5.77. The summed E-state index contributed by atoms with van der Waals surface area (Å²) in [4.78, 5) is 44.1. The maximum absolute atomic E-state index is 13.4. The molecule has 1 amide bonds. The van der Waals surface area contributed by atoms with Crippen molar-refractivity contribution in [3.8, 4) is 5.75 Å². The second-order valence-corrected chi connectivity index (χ2v) is 8.24. The number of hydrogen-bond acceptors (Lipinski definition) is 5. The van der Waals surface area contributed by atoms with Crippen LogP contribution in [0.5, 0.6) is 5.75 Å². The highest BCUT2D eigenvalue weighted by Gasteiger charge is 2.24. The van der Waals surface area contributed by atoms with Gasteiger partial charge < -0.3 is 14.6 Å². The number of para-hydroxylation sites is 1. The second-order valence-electron chi connectivity index (χ2n) is 8.24. The van der Waals surface area contributed by atoms with Crippen LogP contribution in [0, 0.1) is 0 Å². The standard InChI is InChI=1S/C25H25N5O4/c1-2-28-16-26-23-22(28)24(32)30(25(33)29(23)14-17-8-4-3-5-9-17)15-21(31)27-19-12-13-34-20-11-7-6-10-18(19)20/h3-11,16,19H,2,12-15H2,1H3,(H,27,31)/t19-/m1/s1. The lowest BCUT2D eigenvalue weighted by Crippen LogP contribution is -2.45. The van der Waals surface area contributed by atoms with Gasteiger partial charge >= 0.3 is 5.69 Å². The van der Waals surface area contributed by atoms with Crippen molar-refractivity contribution in [3.05, 3.63) is 92.9 Å². The molecule has 0 saturated carbocycles. The van der Waals surface area contributed by atoms with Gasteiger partial charge in [0.15, 0.2) is 11.2 Å². The zero-order chi connectivity index (χ0) is 23.7. The van der Waals surface area contributed by atoms with Crippen LogP contribution in [0.3, 0.4) is 0 Å². The topological polar surface area (TPSA) is 100 Å². The van der Waals surface area contributed by atoms with Gasteiger partial charge in [0.1, 0.15) is 12.3 Å². The first-order chi connectivity index (χ1) is 16.6. The zero-order valence-electron chi connectivity index (χ0n) is 18.8. The smallest absolute Gasteiger partial charge is 0.333 e. The maximum atomic E-state index is 13.4. The number of aromatic nitrogens is 4. The molecule has 9 heteroatoms. The number of nitrogens with one attached hydrogen (secondary N) is 1. The van der Waals surface area contributed by atoms with E-state index in [1.54, 1.807) is 10.9 Å². The summed E-state index contributed by atoms with van der Waals surface area (Å²) in [5.41, 5.74) is 1.32. The van der Waals surface area contributed by atoms with Crippen LogP contribution in [0.1, 0.15) is 30.5 Å². The molecule has 2 aromatic heterocycles. The average Bonchev–Trinajstić information content (AvgIpc) is 3.30. The predicted octanol–water partition coefficient (Wildman–Crippen LogP) is 2.07. The van der Waals surface area contributed by atoms with Crippen molar-refractivity contribution in [2.45, 2.75) is 39.0 Å². The molecule has 1 atom stereocenters. The van der Waals surface area contributed by atoms with Gasteiger partial charge in [-0.1, -0.05) is 48.5 Å². The van der Waals surface area contributed by atoms with Gasteiger partial charge in [0.2, 0.25) is 5.91 Å². The van der Waals surface area contributed by atoms with Crippen molar-refractivity contribution in [2.75, 3.05) is 6.61 Å². The van der Waals surface area contributed by atoms with Crippen LogP contribution < -0.4 is 21.3 Å². The van der Waals surface area contributed by atoms with Crippen LogP contribution in [0.2, 0.25) is 0 Å². The number of rotatable bonds is 6. The molecule has 0 aliphatic carbocycles. The molecule has 3 heterocycles. The van der Waals surface area contributed by atoms with E-state index in [1.165, 1.54) is 4.57 Å². The summed E-state index contributed by atoms with van der Waals surface area (Å²) in [6.07, 6.45) is 2.16. The van der Waals surface area contributed by atoms with Gasteiger partial charge in [-0.25, -0.2) is 14.3 Å². The highest BCUT2D eigenvalue weighted by Crippen LogP contribution is 2.31. The van der Waals surface area contributed by atoms with Crippen molar-refractivity contribution in [2.24, 2.45) is 0 Å². The Morgan fingerprint density at radius 3 is 2.65 bits per heavy atom. The lowest BCUT2D eigenvalue weighted by molar-refractivity contribution is -0.122. The summed E-state index contributed by atoms with van der Waals surface area (Å²) in [6, 6.07) is 16.8. The van der Waals surface area contributed by atoms with Crippen molar-refractivity contribution in [1.29, 1.82) is 0 Å². The number of carbonyl (C=O) groups is 1. The fourth-order valence-corrected chi connectivity index (χ4v) is 4.40. The van der Waals surface area contributed by atoms with E-state index >= 15 is 0 Å². The first kappa shape index (κ1) is 21.7. The normalized spacial score (nSPS) is 15.0. The summed E-state index contributed by atoms with van der Waals surface area (Å²) in [5.74, 6) is 0.323. The number of benzene rings is 2. The molecule has 4 aromatic rings. The molecule has 1 aliphatic heterocycles. The highest BCUT2D eigenvalue weighted by atomic mass is 16.5. The Balaban J connectivity index is 1.51. The van der Waals surface area contributed by atoms with Crippen molar-refractivity contribution in [1.82, 2.24) is 24.0 Å². The Labute approximate surface area is 195 Å². The van der Waals surface area contributed by atoms with Crippen LogP contribution in [-0.2, 0) is 24.4 Å². The molecule has 0 unspecified atom stereocenters. The van der Waals surface area contributed by atoms with Crippen LogP contribution in [0.25, 0.3) is 11.2 Å². The van der Waals surface area contributed by atoms with Crippen LogP contribution >= 0.6 is 0 Å². The Morgan fingerprint density at radius 2 is 1.85 bits per heavy atom. The molecule has 0 spiro atoms. The SMILES string of the molecule is CCn1cnc2c1c(=O)n(CC(=O)N[C@@H]1CCOc3ccccc31)c(=O)n2Cc1ccccc1. The Bertz CT molecular complexity index is 1470. The molecular formula is C25H25N5O4. The van der Waals surface area contributed by atoms with Gasteiger partial charge in [-0.15, -0.1) is 0 Å². The molecule has 9 nitrogen and oxygen atoms in total. The van der Waals surface area contributed by atoms with E-state index in [-0.39, 0.29) is 19.1 Å². The molecule has 5 rings (SSSR count). The molecule has 2 aromatic carbocycles. The first-order valence-corrected chi connectivity index (χ1v) is 11.3. The number of carbonyl (C=O) groups excluding carboxylic acids is 1. The van der Waals surface area contributed by atoms with Crippen molar-refractivity contribution in [3.63, 3.8) is 0 Å². The number of nitrogens with zero attached hydrogens (tertiary/aromatic N) is 4. The van der Waals surface area contributed by atoms with Crippen molar-refractivity contribution < 1.29 is 9.53 Å². The number of aryl methyl sites for hydroxylation is 1. The third kappa shape index (κ3) is 3.89. The third-order valence-electron chi connectivity index (χ3n) is 6.10. The molecule has 0 radical (unpaired) electrons. The molecule has 0 fully saturated rings. The quantitative estimate of drug-likeness (QED) is 0.476. The fourth-order valence-electron chi connectivity index (χ4n) is 4.40. The summed E-state index contributed by atoms with van der Waals surface area (Å²) in [7, 11) is 0. The number of amides is 1. The summed E-state index contributed by atoms with van der Waals surface area (Å²) in [5, 5.41) is 2.97. The van der Waals surface area contributed by atoms with Gasteiger partial charge in [-0.2, -0.15) is 0 Å². The zero-order valence-corrected chi connectivity index (χ0v) is 18.8. The fraction of sp³-hybridized carbons (Fsp3) is 0.280. The largest absolute Gasteiger partial charge is 0.493 e. The molecule has 1 aliphatic rings. The van der Waals surface area contributed by atoms with Crippen LogP contribution in [0.4, 0.5) is 0 Å². The van der Waals surface area contributed by atoms with Gasteiger partial charge in [0.05, 0.1) is 25.5 Å². The molecule has 0 bridgehead atoms. The van der Waals surface area contributed by atoms with E-state index in [1.807, 2.05) is 61.5 Å². The molecular weight excluding hydrogens is 434 g/mol. The molecule has 34 heavy (non-hydrogen) atoms.